The molecule has 0 unspecified atom stereocenters. The van der Waals surface area contributed by atoms with Gasteiger partial charge in [0, 0.05) is 12.6 Å². The molecule has 2 aromatic heterocycles. The van der Waals surface area contributed by atoms with E-state index < -0.39 is 0 Å². The Labute approximate surface area is 118 Å². The first kappa shape index (κ1) is 14.1. The summed E-state index contributed by atoms with van der Waals surface area (Å²) in [5.74, 6) is 2.59. The Morgan fingerprint density at radius 1 is 1.32 bits per heavy atom. The Morgan fingerprint density at radius 2 is 2.11 bits per heavy atom. The molecule has 0 fully saturated rings. The molecule has 2 aromatic rings. The second-order valence-corrected chi connectivity index (χ2v) is 5.31. The van der Waals surface area contributed by atoms with Crippen molar-refractivity contribution in [2.75, 3.05) is 7.11 Å². The van der Waals surface area contributed by atoms with Crippen LogP contribution < -0.4 is 4.74 Å². The molecule has 0 atom stereocenters. The minimum atomic E-state index is 0.403. The highest BCUT2D eigenvalue weighted by Gasteiger charge is 2.12. The fraction of sp³-hybridized carbons (Fsp3) is 0.571. The fourth-order valence-electron chi connectivity index (χ4n) is 2.14. The predicted molar refractivity (Wildman–Crippen MR) is 77.7 cm³/mol. The van der Waals surface area contributed by atoms with Crippen molar-refractivity contribution in [1.29, 1.82) is 0 Å². The number of imidazole rings is 1. The van der Waals surface area contributed by atoms with Crippen LogP contribution in [-0.4, -0.2) is 21.6 Å². The molecule has 0 spiro atoms. The van der Waals surface area contributed by atoms with Crippen molar-refractivity contribution in [2.45, 2.75) is 39.1 Å². The number of nitrogens with zero attached hydrogens (tertiary/aromatic N) is 3. The van der Waals surface area contributed by atoms with Crippen LogP contribution >= 0.6 is 11.6 Å². The molecule has 0 aliphatic heterocycles. The van der Waals surface area contributed by atoms with Gasteiger partial charge in [-0.1, -0.05) is 13.8 Å². The lowest BCUT2D eigenvalue weighted by atomic mass is 10.1. The number of rotatable bonds is 6. The summed E-state index contributed by atoms with van der Waals surface area (Å²) in [4.78, 5) is 9.00. The molecule has 0 aliphatic carbocycles. The molecular formula is C14H20ClN3O. The topological polar surface area (TPSA) is 39.9 Å². The zero-order valence-corrected chi connectivity index (χ0v) is 12.4. The molecule has 0 bridgehead atoms. The van der Waals surface area contributed by atoms with Crippen LogP contribution in [0.25, 0.3) is 11.2 Å². The van der Waals surface area contributed by atoms with Crippen LogP contribution in [-0.2, 0) is 12.4 Å². The third-order valence-corrected chi connectivity index (χ3v) is 3.38. The third kappa shape index (κ3) is 3.18. The Kier molecular flexibility index (Phi) is 4.64. The van der Waals surface area contributed by atoms with Crippen molar-refractivity contribution in [3.63, 3.8) is 0 Å². The molecule has 0 aromatic carbocycles. The van der Waals surface area contributed by atoms with Crippen molar-refractivity contribution >= 4 is 22.8 Å². The fourth-order valence-corrected chi connectivity index (χ4v) is 2.34. The van der Waals surface area contributed by atoms with Crippen molar-refractivity contribution < 1.29 is 4.74 Å². The number of halogens is 1. The minimum absolute atomic E-state index is 0.403. The van der Waals surface area contributed by atoms with Gasteiger partial charge in [0.15, 0.2) is 5.65 Å². The van der Waals surface area contributed by atoms with Crippen LogP contribution in [0.1, 0.15) is 32.5 Å². The Balaban J connectivity index is 2.32. The number of fused-ring (bicyclic) bond motifs is 1. The van der Waals surface area contributed by atoms with Gasteiger partial charge in [-0.2, -0.15) is 4.98 Å². The molecule has 4 nitrogen and oxygen atoms in total. The highest BCUT2D eigenvalue weighted by molar-refractivity contribution is 6.16. The van der Waals surface area contributed by atoms with Gasteiger partial charge in [0.25, 0.3) is 0 Å². The average molecular weight is 282 g/mol. The van der Waals surface area contributed by atoms with E-state index >= 15 is 0 Å². The highest BCUT2D eigenvalue weighted by Crippen LogP contribution is 2.20. The zero-order valence-electron chi connectivity index (χ0n) is 11.7. The lowest BCUT2D eigenvalue weighted by Crippen LogP contribution is -2.05. The standard InChI is InChI=1S/C14H20ClN3O/c1-10(2)5-4-8-18-12(9-15)16-11-6-7-13(19-3)17-14(11)18/h6-7,10H,4-5,8-9H2,1-3H3. The molecule has 2 heterocycles. The quantitative estimate of drug-likeness (QED) is 0.759. The first-order chi connectivity index (χ1) is 9.15. The molecule has 0 saturated heterocycles. The van der Waals surface area contributed by atoms with E-state index in [9.17, 15) is 0 Å². The Morgan fingerprint density at radius 3 is 2.74 bits per heavy atom. The smallest absolute Gasteiger partial charge is 0.215 e. The van der Waals surface area contributed by atoms with Gasteiger partial charge in [-0.15, -0.1) is 11.6 Å². The lowest BCUT2D eigenvalue weighted by molar-refractivity contribution is 0.398. The summed E-state index contributed by atoms with van der Waals surface area (Å²) in [7, 11) is 1.62. The number of aryl methyl sites for hydroxylation is 1. The Hall–Kier alpha value is -1.29. The van der Waals surface area contributed by atoms with Crippen LogP contribution in [0.4, 0.5) is 0 Å². The van der Waals surface area contributed by atoms with E-state index in [1.54, 1.807) is 7.11 Å². The summed E-state index contributed by atoms with van der Waals surface area (Å²) >= 11 is 5.98. The highest BCUT2D eigenvalue weighted by atomic mass is 35.5. The predicted octanol–water partition coefficient (Wildman–Crippen LogP) is 3.61. The van der Waals surface area contributed by atoms with Crippen LogP contribution in [0.3, 0.4) is 0 Å². The van der Waals surface area contributed by atoms with E-state index in [1.807, 2.05) is 12.1 Å². The first-order valence-electron chi connectivity index (χ1n) is 6.61. The van der Waals surface area contributed by atoms with Gasteiger partial charge in [0.2, 0.25) is 5.88 Å². The minimum Gasteiger partial charge on any atom is -0.481 e. The van der Waals surface area contributed by atoms with Gasteiger partial charge in [0.1, 0.15) is 11.3 Å². The van der Waals surface area contributed by atoms with E-state index in [2.05, 4.69) is 28.4 Å². The summed E-state index contributed by atoms with van der Waals surface area (Å²) in [5, 5.41) is 0. The molecule has 5 heteroatoms. The number of hydrogen-bond donors (Lipinski definition) is 0. The van der Waals surface area contributed by atoms with Gasteiger partial charge < -0.3 is 9.30 Å². The largest absolute Gasteiger partial charge is 0.481 e. The van der Waals surface area contributed by atoms with Crippen molar-refractivity contribution in [3.05, 3.63) is 18.0 Å². The van der Waals surface area contributed by atoms with Gasteiger partial charge >= 0.3 is 0 Å². The van der Waals surface area contributed by atoms with E-state index in [0.29, 0.717) is 17.7 Å². The lowest BCUT2D eigenvalue weighted by Gasteiger charge is -2.09. The summed E-state index contributed by atoms with van der Waals surface area (Å²) in [6.07, 6.45) is 2.29. The summed E-state index contributed by atoms with van der Waals surface area (Å²) in [6.45, 7) is 5.36. The number of hydrogen-bond acceptors (Lipinski definition) is 3. The van der Waals surface area contributed by atoms with Crippen molar-refractivity contribution in [3.8, 4) is 5.88 Å². The van der Waals surface area contributed by atoms with Crippen molar-refractivity contribution in [1.82, 2.24) is 14.5 Å². The molecule has 0 radical (unpaired) electrons. The number of pyridine rings is 1. The third-order valence-electron chi connectivity index (χ3n) is 3.14. The average Bonchev–Trinajstić information content (AvgIpc) is 2.75. The number of ether oxygens (including phenoxy) is 1. The summed E-state index contributed by atoms with van der Waals surface area (Å²) in [5.41, 5.74) is 1.74. The maximum atomic E-state index is 5.98. The molecule has 2 rings (SSSR count). The van der Waals surface area contributed by atoms with Crippen LogP contribution in [0.2, 0.25) is 0 Å². The molecule has 0 N–H and O–H groups in total. The number of alkyl halides is 1. The van der Waals surface area contributed by atoms with E-state index in [-0.39, 0.29) is 0 Å². The van der Waals surface area contributed by atoms with Gasteiger partial charge in [-0.05, 0) is 24.8 Å². The molecule has 0 amide bonds. The van der Waals surface area contributed by atoms with E-state index in [1.165, 1.54) is 6.42 Å². The van der Waals surface area contributed by atoms with Gasteiger partial charge in [-0.25, -0.2) is 4.98 Å². The van der Waals surface area contributed by atoms with Crippen LogP contribution in [0.15, 0.2) is 12.1 Å². The zero-order chi connectivity index (χ0) is 13.8. The molecular weight excluding hydrogens is 262 g/mol. The molecule has 0 saturated carbocycles. The van der Waals surface area contributed by atoms with Crippen LogP contribution in [0, 0.1) is 5.92 Å². The molecule has 19 heavy (non-hydrogen) atoms. The molecule has 0 aliphatic rings. The normalized spacial score (nSPS) is 11.4. The van der Waals surface area contributed by atoms with Gasteiger partial charge in [0.05, 0.1) is 13.0 Å². The first-order valence-corrected chi connectivity index (χ1v) is 7.15. The maximum Gasteiger partial charge on any atom is 0.215 e. The SMILES string of the molecule is COc1ccc2nc(CCl)n(CCCC(C)C)c2n1. The second-order valence-electron chi connectivity index (χ2n) is 5.05. The molecule has 104 valence electrons. The monoisotopic (exact) mass is 281 g/mol. The maximum absolute atomic E-state index is 5.98. The summed E-state index contributed by atoms with van der Waals surface area (Å²) < 4.78 is 7.28. The van der Waals surface area contributed by atoms with Crippen LogP contribution in [0.5, 0.6) is 5.88 Å². The second kappa shape index (κ2) is 6.24. The van der Waals surface area contributed by atoms with Crippen molar-refractivity contribution in [2.24, 2.45) is 5.92 Å². The van der Waals surface area contributed by atoms with E-state index in [0.717, 1.165) is 30.0 Å². The number of aromatic nitrogens is 3. The number of methoxy groups -OCH3 is 1. The van der Waals surface area contributed by atoms with Gasteiger partial charge in [-0.3, -0.25) is 0 Å². The Bertz CT molecular complexity index is 551. The summed E-state index contributed by atoms with van der Waals surface area (Å²) in [6, 6.07) is 3.75. The van der Waals surface area contributed by atoms with E-state index in [4.69, 9.17) is 16.3 Å².